The zero-order chi connectivity index (χ0) is 12.6. The van der Waals surface area contributed by atoms with Gasteiger partial charge < -0.3 is 10.8 Å². The predicted octanol–water partition coefficient (Wildman–Crippen LogP) is 2.50. The monoisotopic (exact) mass is 315 g/mol. The van der Waals surface area contributed by atoms with Gasteiger partial charge in [0.25, 0.3) is 0 Å². The minimum absolute atomic E-state index is 0.416. The molecule has 2 rings (SSSR count). The molecule has 1 heterocycles. The molecule has 1 unspecified atom stereocenters. The summed E-state index contributed by atoms with van der Waals surface area (Å²) < 4.78 is 2.38. The minimum Gasteiger partial charge on any atom is -0.398 e. The third-order valence-electron chi connectivity index (χ3n) is 2.54. The standard InChI is InChI=1S/C11H11BrClN3O/c1-16-10(8(13)5-15-16)11(17)7-4-6(12)2-3-9(7)14/h2-5,11,17H,14H2,1H3. The first-order valence-electron chi connectivity index (χ1n) is 4.91. The van der Waals surface area contributed by atoms with Gasteiger partial charge in [-0.25, -0.2) is 0 Å². The number of aliphatic hydroxyl groups excluding tert-OH is 1. The van der Waals surface area contributed by atoms with E-state index in [1.165, 1.54) is 10.9 Å². The highest BCUT2D eigenvalue weighted by Crippen LogP contribution is 2.32. The van der Waals surface area contributed by atoms with E-state index in [9.17, 15) is 5.11 Å². The van der Waals surface area contributed by atoms with Gasteiger partial charge in [-0.3, -0.25) is 4.68 Å². The van der Waals surface area contributed by atoms with Gasteiger partial charge in [-0.05, 0) is 18.2 Å². The Morgan fingerprint density at radius 3 is 2.82 bits per heavy atom. The maximum atomic E-state index is 10.3. The smallest absolute Gasteiger partial charge is 0.124 e. The summed E-state index contributed by atoms with van der Waals surface area (Å²) in [5.41, 5.74) is 7.48. The molecule has 0 fully saturated rings. The van der Waals surface area contributed by atoms with Gasteiger partial charge in [0, 0.05) is 22.8 Å². The maximum Gasteiger partial charge on any atom is 0.124 e. The molecular formula is C11H11BrClN3O. The van der Waals surface area contributed by atoms with Crippen molar-refractivity contribution in [3.8, 4) is 0 Å². The normalized spacial score (nSPS) is 12.7. The van der Waals surface area contributed by atoms with Crippen molar-refractivity contribution >= 4 is 33.2 Å². The number of rotatable bonds is 2. The zero-order valence-electron chi connectivity index (χ0n) is 9.06. The Morgan fingerprint density at radius 2 is 2.24 bits per heavy atom. The lowest BCUT2D eigenvalue weighted by Crippen LogP contribution is -2.09. The first-order chi connectivity index (χ1) is 8.00. The Kier molecular flexibility index (Phi) is 3.42. The van der Waals surface area contributed by atoms with Gasteiger partial charge in [-0.1, -0.05) is 27.5 Å². The Bertz CT molecular complexity index is 536. The van der Waals surface area contributed by atoms with E-state index >= 15 is 0 Å². The summed E-state index contributed by atoms with van der Waals surface area (Å²) in [5, 5.41) is 14.7. The Morgan fingerprint density at radius 1 is 1.53 bits per heavy atom. The van der Waals surface area contributed by atoms with Crippen LogP contribution in [0.5, 0.6) is 0 Å². The molecule has 6 heteroatoms. The predicted molar refractivity (Wildman–Crippen MR) is 70.8 cm³/mol. The van der Waals surface area contributed by atoms with Gasteiger partial charge in [0.15, 0.2) is 0 Å². The summed E-state index contributed by atoms with van der Waals surface area (Å²) in [6, 6.07) is 5.31. The molecule has 0 saturated carbocycles. The SMILES string of the molecule is Cn1ncc(Cl)c1C(O)c1cc(Br)ccc1N. The van der Waals surface area contributed by atoms with Crippen LogP contribution in [0.15, 0.2) is 28.9 Å². The fourth-order valence-corrected chi connectivity index (χ4v) is 2.31. The highest BCUT2D eigenvalue weighted by Gasteiger charge is 2.20. The van der Waals surface area contributed by atoms with Crippen LogP contribution in [0.1, 0.15) is 17.4 Å². The number of halogens is 2. The fraction of sp³-hybridized carbons (Fsp3) is 0.182. The van der Waals surface area contributed by atoms with Crippen LogP contribution in [0.2, 0.25) is 5.02 Å². The first-order valence-corrected chi connectivity index (χ1v) is 6.08. The van der Waals surface area contributed by atoms with Crippen LogP contribution in [0.3, 0.4) is 0 Å². The van der Waals surface area contributed by atoms with Crippen molar-refractivity contribution in [1.29, 1.82) is 0 Å². The summed E-state index contributed by atoms with van der Waals surface area (Å²) in [4.78, 5) is 0. The molecule has 0 aliphatic heterocycles. The molecule has 0 amide bonds. The maximum absolute atomic E-state index is 10.3. The van der Waals surface area contributed by atoms with Crippen LogP contribution in [-0.2, 0) is 7.05 Å². The van der Waals surface area contributed by atoms with Gasteiger partial charge in [-0.2, -0.15) is 5.10 Å². The minimum atomic E-state index is -0.896. The van der Waals surface area contributed by atoms with Crippen molar-refractivity contribution in [1.82, 2.24) is 9.78 Å². The lowest BCUT2D eigenvalue weighted by Gasteiger charge is -2.14. The molecule has 0 bridgehead atoms. The van der Waals surface area contributed by atoms with E-state index in [4.69, 9.17) is 17.3 Å². The van der Waals surface area contributed by atoms with Crippen LogP contribution < -0.4 is 5.73 Å². The number of aromatic nitrogens is 2. The van der Waals surface area contributed by atoms with Gasteiger partial charge in [0.05, 0.1) is 16.9 Å². The summed E-state index contributed by atoms with van der Waals surface area (Å²) in [7, 11) is 1.72. The third-order valence-corrected chi connectivity index (χ3v) is 3.32. The van der Waals surface area contributed by atoms with Gasteiger partial charge in [0.1, 0.15) is 6.10 Å². The molecule has 0 radical (unpaired) electrons. The van der Waals surface area contributed by atoms with E-state index in [0.717, 1.165) is 4.47 Å². The van der Waals surface area contributed by atoms with Crippen LogP contribution in [0.25, 0.3) is 0 Å². The van der Waals surface area contributed by atoms with Crippen molar-refractivity contribution in [2.24, 2.45) is 7.05 Å². The molecule has 17 heavy (non-hydrogen) atoms. The molecule has 0 spiro atoms. The number of aliphatic hydroxyl groups is 1. The zero-order valence-corrected chi connectivity index (χ0v) is 11.4. The average molecular weight is 317 g/mol. The quantitative estimate of drug-likeness (QED) is 0.837. The summed E-state index contributed by atoms with van der Waals surface area (Å²) in [6.45, 7) is 0. The second-order valence-corrected chi connectivity index (χ2v) is 5.00. The summed E-state index contributed by atoms with van der Waals surface area (Å²) in [5.74, 6) is 0. The number of nitrogens with two attached hydrogens (primary N) is 1. The van der Waals surface area contributed by atoms with Crippen molar-refractivity contribution in [2.45, 2.75) is 6.10 Å². The lowest BCUT2D eigenvalue weighted by atomic mass is 10.0. The Hall–Kier alpha value is -1.04. The van der Waals surface area contributed by atoms with Crippen LogP contribution in [0.4, 0.5) is 5.69 Å². The lowest BCUT2D eigenvalue weighted by molar-refractivity contribution is 0.210. The molecule has 4 nitrogen and oxygen atoms in total. The molecule has 0 aliphatic carbocycles. The van der Waals surface area contributed by atoms with E-state index in [0.29, 0.717) is 22.0 Å². The number of aryl methyl sites for hydroxylation is 1. The average Bonchev–Trinajstić information content (AvgIpc) is 2.61. The van der Waals surface area contributed by atoms with E-state index in [-0.39, 0.29) is 0 Å². The molecule has 1 aromatic carbocycles. The van der Waals surface area contributed by atoms with Crippen LogP contribution in [0, 0.1) is 0 Å². The number of anilines is 1. The molecule has 0 saturated heterocycles. The molecule has 1 atom stereocenters. The van der Waals surface area contributed by atoms with Crippen molar-refractivity contribution in [3.63, 3.8) is 0 Å². The largest absolute Gasteiger partial charge is 0.398 e. The van der Waals surface area contributed by atoms with Crippen molar-refractivity contribution in [3.05, 3.63) is 45.1 Å². The Balaban J connectivity index is 2.50. The van der Waals surface area contributed by atoms with Crippen molar-refractivity contribution in [2.75, 3.05) is 5.73 Å². The number of nitrogen functional groups attached to an aromatic ring is 1. The highest BCUT2D eigenvalue weighted by atomic mass is 79.9. The van der Waals surface area contributed by atoms with E-state index in [1.807, 2.05) is 6.07 Å². The summed E-state index contributed by atoms with van der Waals surface area (Å²) >= 11 is 9.33. The number of nitrogens with zero attached hydrogens (tertiary/aromatic N) is 2. The molecule has 0 aliphatic rings. The van der Waals surface area contributed by atoms with Gasteiger partial charge in [0.2, 0.25) is 0 Å². The first kappa shape index (κ1) is 12.4. The summed E-state index contributed by atoms with van der Waals surface area (Å²) in [6.07, 6.45) is 0.598. The van der Waals surface area contributed by atoms with Crippen LogP contribution in [-0.4, -0.2) is 14.9 Å². The highest BCUT2D eigenvalue weighted by molar-refractivity contribution is 9.10. The van der Waals surface area contributed by atoms with Gasteiger partial charge >= 0.3 is 0 Å². The number of hydrogen-bond acceptors (Lipinski definition) is 3. The molecule has 2 aromatic rings. The molecule has 90 valence electrons. The fourth-order valence-electron chi connectivity index (χ4n) is 1.66. The number of hydrogen-bond donors (Lipinski definition) is 2. The van der Waals surface area contributed by atoms with Gasteiger partial charge in [-0.15, -0.1) is 0 Å². The molecule has 3 N–H and O–H groups in total. The third kappa shape index (κ3) is 2.31. The van der Waals surface area contributed by atoms with E-state index in [2.05, 4.69) is 21.0 Å². The Labute approximate surface area is 112 Å². The number of benzene rings is 1. The topological polar surface area (TPSA) is 64.1 Å². The second kappa shape index (κ2) is 4.68. The molecule has 1 aromatic heterocycles. The molecular weight excluding hydrogens is 305 g/mol. The van der Waals surface area contributed by atoms with Crippen molar-refractivity contribution < 1.29 is 5.11 Å². The van der Waals surface area contributed by atoms with E-state index < -0.39 is 6.10 Å². The van der Waals surface area contributed by atoms with E-state index in [1.54, 1.807) is 19.2 Å². The second-order valence-electron chi connectivity index (χ2n) is 3.68. The van der Waals surface area contributed by atoms with Crippen LogP contribution >= 0.6 is 27.5 Å².